The van der Waals surface area contributed by atoms with Gasteiger partial charge in [-0.3, -0.25) is 9.78 Å². The van der Waals surface area contributed by atoms with Crippen LogP contribution in [0.3, 0.4) is 0 Å². The van der Waals surface area contributed by atoms with E-state index in [0.717, 1.165) is 0 Å². The minimum absolute atomic E-state index is 0.0108. The number of carbonyl (C=O) groups excluding carboxylic acids is 1. The lowest BCUT2D eigenvalue weighted by Gasteiger charge is -1.99. The van der Waals surface area contributed by atoms with Gasteiger partial charge in [0.15, 0.2) is 0 Å². The number of nitrogens with zero attached hydrogens (tertiary/aromatic N) is 4. The molecule has 1 rings (SSSR count). The van der Waals surface area contributed by atoms with Crippen LogP contribution in [-0.2, 0) is 0 Å². The number of carbonyl (C=O) groups is 1. The van der Waals surface area contributed by atoms with Gasteiger partial charge in [0.05, 0.1) is 5.03 Å². The third-order valence-corrected chi connectivity index (χ3v) is 2.52. The van der Waals surface area contributed by atoms with Crippen molar-refractivity contribution in [3.8, 4) is 0 Å². The largest absolute Gasteiger partial charge is 0.285 e. The van der Waals surface area contributed by atoms with Crippen LogP contribution in [-0.4, -0.2) is 10.9 Å². The van der Waals surface area contributed by atoms with Crippen molar-refractivity contribution in [1.82, 2.24) is 4.98 Å². The zero-order chi connectivity index (χ0) is 12.1. The predicted molar refractivity (Wildman–Crippen MR) is 62.2 cm³/mol. The molecule has 8 heteroatoms. The second kappa shape index (κ2) is 5.72. The molecule has 0 atom stereocenters. The van der Waals surface area contributed by atoms with E-state index in [4.69, 9.17) is 40.3 Å². The lowest BCUT2D eigenvalue weighted by atomic mass is 10.2. The molecule has 1 aromatic rings. The highest BCUT2D eigenvalue weighted by Gasteiger charge is 2.07. The summed E-state index contributed by atoms with van der Waals surface area (Å²) in [5.41, 5.74) is 8.53. The molecule has 0 N–H and O–H groups in total. The topological polar surface area (TPSA) is 78.7 Å². The number of azide groups is 1. The van der Waals surface area contributed by atoms with Crippen LogP contribution in [0.4, 0.5) is 0 Å². The zero-order valence-corrected chi connectivity index (χ0v) is 9.83. The second-order valence-corrected chi connectivity index (χ2v) is 3.83. The Balaban J connectivity index is 3.05. The van der Waals surface area contributed by atoms with Gasteiger partial charge in [-0.2, -0.15) is 0 Å². The van der Waals surface area contributed by atoms with Crippen LogP contribution in [0.5, 0.6) is 0 Å². The first-order valence-corrected chi connectivity index (χ1v) is 4.96. The molecule has 82 valence electrons. The van der Waals surface area contributed by atoms with E-state index in [1.165, 1.54) is 18.3 Å². The molecule has 0 saturated heterocycles. The minimum Gasteiger partial charge on any atom is -0.285 e. The first kappa shape index (κ1) is 12.8. The molecule has 0 saturated carbocycles. The average molecular weight is 277 g/mol. The maximum Gasteiger partial charge on any atom is 0.267 e. The van der Waals surface area contributed by atoms with Crippen LogP contribution in [0.2, 0.25) is 0 Å². The maximum atomic E-state index is 11.1. The number of hydrogen-bond donors (Lipinski definition) is 0. The van der Waals surface area contributed by atoms with E-state index < -0.39 is 5.91 Å². The van der Waals surface area contributed by atoms with Gasteiger partial charge in [-0.25, -0.2) is 0 Å². The van der Waals surface area contributed by atoms with Gasteiger partial charge in [0.25, 0.3) is 5.91 Å². The van der Waals surface area contributed by atoms with Gasteiger partial charge >= 0.3 is 0 Å². The van der Waals surface area contributed by atoms with E-state index in [0.29, 0.717) is 5.56 Å². The van der Waals surface area contributed by atoms with E-state index in [2.05, 4.69) is 15.0 Å². The van der Waals surface area contributed by atoms with E-state index >= 15 is 0 Å². The highest BCUT2D eigenvalue weighted by atomic mass is 35.5. The molecule has 0 aliphatic carbocycles. The summed E-state index contributed by atoms with van der Waals surface area (Å²) in [5.74, 6) is -0.772. The van der Waals surface area contributed by atoms with Gasteiger partial charge in [0.1, 0.15) is 10.2 Å². The molecule has 5 nitrogen and oxygen atoms in total. The Hall–Kier alpha value is -1.26. The van der Waals surface area contributed by atoms with Gasteiger partial charge in [-0.05, 0) is 22.8 Å². The highest BCUT2D eigenvalue weighted by molar-refractivity contribution is 6.66. The monoisotopic (exact) mass is 276 g/mol. The van der Waals surface area contributed by atoms with Gasteiger partial charge in [-0.15, -0.1) is 0 Å². The van der Waals surface area contributed by atoms with Crippen molar-refractivity contribution in [2.75, 3.05) is 0 Å². The zero-order valence-electron chi connectivity index (χ0n) is 7.56. The van der Waals surface area contributed by atoms with Crippen molar-refractivity contribution < 1.29 is 4.79 Å². The van der Waals surface area contributed by atoms with Crippen molar-refractivity contribution >= 4 is 45.7 Å². The molecular formula is C8H3Cl3N4O. The lowest BCUT2D eigenvalue weighted by Crippen LogP contribution is -1.97. The standard InChI is InChI=1S/C8H3Cl3N4O/c9-6(7(10)11)4-1-2-5(13-3-4)8(16)14-15-12/h1-3H. The molecule has 0 aliphatic heterocycles. The number of amides is 1. The van der Waals surface area contributed by atoms with Crippen molar-refractivity contribution in [3.63, 3.8) is 0 Å². The summed E-state index contributed by atoms with van der Waals surface area (Å²) in [4.78, 5) is 17.2. The van der Waals surface area contributed by atoms with Crippen molar-refractivity contribution in [3.05, 3.63) is 44.5 Å². The molecule has 0 aliphatic rings. The Morgan fingerprint density at radius 2 is 2.06 bits per heavy atom. The molecule has 0 bridgehead atoms. The summed E-state index contributed by atoms with van der Waals surface area (Å²) >= 11 is 16.7. The quantitative estimate of drug-likeness (QED) is 0.467. The number of aromatic nitrogens is 1. The molecule has 1 heterocycles. The van der Waals surface area contributed by atoms with Gasteiger partial charge in [0, 0.05) is 16.7 Å². The third kappa shape index (κ3) is 3.12. The third-order valence-electron chi connectivity index (χ3n) is 1.54. The molecule has 0 radical (unpaired) electrons. The van der Waals surface area contributed by atoms with Crippen LogP contribution in [0.1, 0.15) is 16.1 Å². The minimum atomic E-state index is -0.772. The fraction of sp³-hybridized carbons (Fsp3) is 0. The molecule has 0 aromatic carbocycles. The van der Waals surface area contributed by atoms with Crippen LogP contribution in [0.15, 0.2) is 27.9 Å². The lowest BCUT2D eigenvalue weighted by molar-refractivity contribution is 0.0995. The molecular weight excluding hydrogens is 274 g/mol. The normalized spacial score (nSPS) is 9.19. The summed E-state index contributed by atoms with van der Waals surface area (Å²) in [7, 11) is 0. The Bertz CT molecular complexity index is 487. The number of hydrogen-bond acceptors (Lipinski definition) is 2. The molecule has 16 heavy (non-hydrogen) atoms. The first-order chi connectivity index (χ1) is 7.56. The number of halogens is 3. The molecule has 1 amide bonds. The fourth-order valence-electron chi connectivity index (χ4n) is 0.851. The molecule has 0 unspecified atom stereocenters. The van der Waals surface area contributed by atoms with E-state index in [1.807, 2.05) is 0 Å². The van der Waals surface area contributed by atoms with Gasteiger partial charge < -0.3 is 0 Å². The number of rotatable bonds is 2. The SMILES string of the molecule is [N-]=[N+]=NC(=O)c1ccc(C(Cl)=C(Cl)Cl)cn1. The van der Waals surface area contributed by atoms with Crippen LogP contribution >= 0.6 is 34.8 Å². The van der Waals surface area contributed by atoms with Gasteiger partial charge in [0.2, 0.25) is 0 Å². The van der Waals surface area contributed by atoms with Crippen LogP contribution < -0.4 is 0 Å². The Morgan fingerprint density at radius 3 is 2.50 bits per heavy atom. The van der Waals surface area contributed by atoms with Crippen molar-refractivity contribution in [2.24, 2.45) is 5.11 Å². The summed E-state index contributed by atoms with van der Waals surface area (Å²) in [6.45, 7) is 0. The average Bonchev–Trinajstić information content (AvgIpc) is 2.28. The summed E-state index contributed by atoms with van der Waals surface area (Å²) in [5, 5.41) is 3.01. The maximum absolute atomic E-state index is 11.1. The van der Waals surface area contributed by atoms with E-state index in [-0.39, 0.29) is 15.2 Å². The molecule has 0 spiro atoms. The molecule has 0 fully saturated rings. The smallest absolute Gasteiger partial charge is 0.267 e. The molecule has 1 aromatic heterocycles. The van der Waals surface area contributed by atoms with E-state index in [9.17, 15) is 4.79 Å². The fourth-order valence-corrected chi connectivity index (χ4v) is 1.18. The van der Waals surface area contributed by atoms with Gasteiger partial charge in [-0.1, -0.05) is 34.8 Å². The van der Waals surface area contributed by atoms with E-state index in [1.54, 1.807) is 0 Å². The Labute approximate surface area is 105 Å². The second-order valence-electron chi connectivity index (χ2n) is 2.50. The summed E-state index contributed by atoms with van der Waals surface area (Å²) in [6.07, 6.45) is 1.30. The summed E-state index contributed by atoms with van der Waals surface area (Å²) in [6, 6.07) is 2.84. The Kier molecular flexibility index (Phi) is 4.58. The van der Waals surface area contributed by atoms with Crippen LogP contribution in [0.25, 0.3) is 15.5 Å². The van der Waals surface area contributed by atoms with Crippen molar-refractivity contribution in [1.29, 1.82) is 0 Å². The first-order valence-electron chi connectivity index (χ1n) is 3.83. The summed E-state index contributed by atoms with van der Waals surface area (Å²) < 4.78 is -0.0995. The highest BCUT2D eigenvalue weighted by Crippen LogP contribution is 2.27. The predicted octanol–water partition coefficient (Wildman–Crippen LogP) is 3.87. The van der Waals surface area contributed by atoms with Crippen molar-refractivity contribution in [2.45, 2.75) is 0 Å². The Morgan fingerprint density at radius 1 is 1.38 bits per heavy atom. The van der Waals surface area contributed by atoms with Crippen LogP contribution in [0, 0.1) is 0 Å². The number of pyridine rings is 1.